The summed E-state index contributed by atoms with van der Waals surface area (Å²) in [7, 11) is 0. The van der Waals surface area contributed by atoms with E-state index in [1.807, 2.05) is 6.20 Å². The van der Waals surface area contributed by atoms with E-state index in [0.29, 0.717) is 0 Å². The molecule has 0 fully saturated rings. The molecule has 0 saturated heterocycles. The number of nitrogens with one attached hydrogen (secondary N) is 1. The highest BCUT2D eigenvalue weighted by atomic mass is 14.8. The van der Waals surface area contributed by atoms with Gasteiger partial charge in [0.2, 0.25) is 0 Å². The Labute approximate surface area is 96.1 Å². The summed E-state index contributed by atoms with van der Waals surface area (Å²) in [6.45, 7) is 2.16. The lowest BCUT2D eigenvalue weighted by Gasteiger charge is -2.01. The summed E-state index contributed by atoms with van der Waals surface area (Å²) in [4.78, 5) is 7.07. The van der Waals surface area contributed by atoms with E-state index in [1.165, 1.54) is 11.1 Å². The van der Waals surface area contributed by atoms with Crippen LogP contribution < -0.4 is 0 Å². The van der Waals surface area contributed by atoms with E-state index in [9.17, 15) is 0 Å². The summed E-state index contributed by atoms with van der Waals surface area (Å²) < 4.78 is 0. The molecule has 2 aromatic rings. The fraction of sp³-hybridized carbons (Fsp3) is 0.214. The molecule has 0 radical (unpaired) electrons. The zero-order valence-corrected chi connectivity index (χ0v) is 9.48. The molecule has 1 aromatic carbocycles. The van der Waals surface area contributed by atoms with Crippen molar-refractivity contribution in [3.05, 3.63) is 59.7 Å². The van der Waals surface area contributed by atoms with Gasteiger partial charge >= 0.3 is 0 Å². The molecule has 2 heteroatoms. The van der Waals surface area contributed by atoms with Gasteiger partial charge in [0.1, 0.15) is 0 Å². The third-order valence-electron chi connectivity index (χ3n) is 2.57. The third kappa shape index (κ3) is 3.09. The van der Waals surface area contributed by atoms with Gasteiger partial charge in [-0.05, 0) is 31.4 Å². The summed E-state index contributed by atoms with van der Waals surface area (Å²) >= 11 is 0. The number of benzene rings is 1. The number of hydrogen-bond acceptors (Lipinski definition) is 1. The van der Waals surface area contributed by atoms with Gasteiger partial charge in [-0.25, -0.2) is 4.98 Å². The first-order chi connectivity index (χ1) is 7.84. The molecule has 0 amide bonds. The van der Waals surface area contributed by atoms with Gasteiger partial charge < -0.3 is 4.98 Å². The molecule has 0 unspecified atom stereocenters. The standard InChI is InChI=1S/C14H16N2/c1-12(9-14-10-15-11-16-14)7-8-13-5-3-2-4-6-13/h2-6,9-11H,7-8H2,1H3,(H,15,16)/b12-9+. The molecule has 2 rings (SSSR count). The molecular weight excluding hydrogens is 196 g/mol. The first kappa shape index (κ1) is 10.7. The van der Waals surface area contributed by atoms with Crippen LogP contribution in [0.4, 0.5) is 0 Å². The smallest absolute Gasteiger partial charge is 0.0924 e. The molecule has 0 bridgehead atoms. The van der Waals surface area contributed by atoms with E-state index in [-0.39, 0.29) is 0 Å². The molecular formula is C14H16N2. The SMILES string of the molecule is C/C(=C\c1cnc[nH]1)CCc1ccccc1. The van der Waals surface area contributed by atoms with Gasteiger partial charge in [-0.3, -0.25) is 0 Å². The highest BCUT2D eigenvalue weighted by Crippen LogP contribution is 2.11. The number of aromatic amines is 1. The van der Waals surface area contributed by atoms with E-state index in [2.05, 4.69) is 53.3 Å². The van der Waals surface area contributed by atoms with Crippen LogP contribution in [0.3, 0.4) is 0 Å². The Balaban J connectivity index is 1.91. The lowest BCUT2D eigenvalue weighted by molar-refractivity contribution is 0.947. The molecule has 1 aromatic heterocycles. The highest BCUT2D eigenvalue weighted by molar-refractivity contribution is 5.47. The maximum Gasteiger partial charge on any atom is 0.0924 e. The Morgan fingerprint density at radius 2 is 2.12 bits per heavy atom. The van der Waals surface area contributed by atoms with Crippen LogP contribution in [0.1, 0.15) is 24.6 Å². The van der Waals surface area contributed by atoms with Crippen LogP contribution in [-0.4, -0.2) is 9.97 Å². The van der Waals surface area contributed by atoms with Crippen LogP contribution >= 0.6 is 0 Å². The van der Waals surface area contributed by atoms with Gasteiger partial charge in [-0.1, -0.05) is 35.9 Å². The number of imidazole rings is 1. The minimum absolute atomic E-state index is 1.07. The molecule has 1 heterocycles. The van der Waals surface area contributed by atoms with Crippen LogP contribution in [0.2, 0.25) is 0 Å². The lowest BCUT2D eigenvalue weighted by atomic mass is 10.1. The van der Waals surface area contributed by atoms with Crippen molar-refractivity contribution in [3.63, 3.8) is 0 Å². The molecule has 1 N–H and O–H groups in total. The topological polar surface area (TPSA) is 28.7 Å². The molecule has 2 nitrogen and oxygen atoms in total. The number of H-pyrrole nitrogens is 1. The minimum Gasteiger partial charge on any atom is -0.345 e. The van der Waals surface area contributed by atoms with Crippen LogP contribution in [0.15, 0.2) is 48.4 Å². The molecule has 0 aliphatic heterocycles. The van der Waals surface area contributed by atoms with Gasteiger partial charge in [-0.2, -0.15) is 0 Å². The normalized spacial score (nSPS) is 11.7. The Bertz CT molecular complexity index is 441. The van der Waals surface area contributed by atoms with Gasteiger partial charge in [-0.15, -0.1) is 0 Å². The second-order valence-electron chi connectivity index (χ2n) is 3.98. The maximum absolute atomic E-state index is 3.99. The molecule has 0 aliphatic carbocycles. The average molecular weight is 212 g/mol. The van der Waals surface area contributed by atoms with E-state index >= 15 is 0 Å². The van der Waals surface area contributed by atoms with Crippen molar-refractivity contribution in [1.29, 1.82) is 0 Å². The number of aromatic nitrogens is 2. The van der Waals surface area contributed by atoms with E-state index in [4.69, 9.17) is 0 Å². The molecule has 16 heavy (non-hydrogen) atoms. The van der Waals surface area contributed by atoms with Gasteiger partial charge in [0.05, 0.1) is 18.2 Å². The van der Waals surface area contributed by atoms with Crippen molar-refractivity contribution < 1.29 is 0 Å². The van der Waals surface area contributed by atoms with Crippen molar-refractivity contribution in [1.82, 2.24) is 9.97 Å². The largest absolute Gasteiger partial charge is 0.345 e. The van der Waals surface area contributed by atoms with Crippen LogP contribution in [0.5, 0.6) is 0 Å². The van der Waals surface area contributed by atoms with Crippen molar-refractivity contribution in [2.75, 3.05) is 0 Å². The first-order valence-electron chi connectivity index (χ1n) is 5.54. The predicted molar refractivity (Wildman–Crippen MR) is 67.0 cm³/mol. The highest BCUT2D eigenvalue weighted by Gasteiger charge is 1.95. The lowest BCUT2D eigenvalue weighted by Crippen LogP contribution is -1.86. The molecule has 0 aliphatic rings. The first-order valence-corrected chi connectivity index (χ1v) is 5.54. The van der Waals surface area contributed by atoms with Crippen molar-refractivity contribution in [3.8, 4) is 0 Å². The Kier molecular flexibility index (Phi) is 3.54. The van der Waals surface area contributed by atoms with Gasteiger partial charge in [0, 0.05) is 0 Å². The van der Waals surface area contributed by atoms with E-state index in [1.54, 1.807) is 6.33 Å². The Morgan fingerprint density at radius 1 is 1.31 bits per heavy atom. The predicted octanol–water partition coefficient (Wildman–Crippen LogP) is 3.45. The number of rotatable bonds is 4. The zero-order chi connectivity index (χ0) is 11.2. The summed E-state index contributed by atoms with van der Waals surface area (Å²) in [5.74, 6) is 0. The summed E-state index contributed by atoms with van der Waals surface area (Å²) in [6, 6.07) is 10.6. The van der Waals surface area contributed by atoms with E-state index in [0.717, 1.165) is 18.5 Å². The number of nitrogens with zero attached hydrogens (tertiary/aromatic N) is 1. The summed E-state index contributed by atoms with van der Waals surface area (Å²) in [6.07, 6.45) is 7.87. The Hall–Kier alpha value is -1.83. The molecule has 82 valence electrons. The molecule has 0 atom stereocenters. The number of allylic oxidation sites excluding steroid dienone is 1. The molecule has 0 spiro atoms. The Morgan fingerprint density at radius 3 is 2.81 bits per heavy atom. The van der Waals surface area contributed by atoms with Crippen molar-refractivity contribution in [2.45, 2.75) is 19.8 Å². The second-order valence-corrected chi connectivity index (χ2v) is 3.98. The second kappa shape index (κ2) is 5.31. The minimum atomic E-state index is 1.07. The maximum atomic E-state index is 3.99. The zero-order valence-electron chi connectivity index (χ0n) is 9.48. The van der Waals surface area contributed by atoms with Crippen LogP contribution in [-0.2, 0) is 6.42 Å². The van der Waals surface area contributed by atoms with Gasteiger partial charge in [0.15, 0.2) is 0 Å². The third-order valence-corrected chi connectivity index (χ3v) is 2.57. The average Bonchev–Trinajstić information content (AvgIpc) is 2.81. The monoisotopic (exact) mass is 212 g/mol. The van der Waals surface area contributed by atoms with Crippen LogP contribution in [0.25, 0.3) is 6.08 Å². The fourth-order valence-electron chi connectivity index (χ4n) is 1.67. The summed E-state index contributed by atoms with van der Waals surface area (Å²) in [5.41, 5.74) is 3.83. The van der Waals surface area contributed by atoms with Crippen LogP contribution in [0, 0.1) is 0 Å². The quantitative estimate of drug-likeness (QED) is 0.826. The molecule has 0 saturated carbocycles. The summed E-state index contributed by atoms with van der Waals surface area (Å²) in [5, 5.41) is 0. The van der Waals surface area contributed by atoms with Crippen molar-refractivity contribution in [2.24, 2.45) is 0 Å². The van der Waals surface area contributed by atoms with Gasteiger partial charge in [0.25, 0.3) is 0 Å². The fourth-order valence-corrected chi connectivity index (χ4v) is 1.67. The number of hydrogen-bond donors (Lipinski definition) is 1. The number of aryl methyl sites for hydroxylation is 1. The van der Waals surface area contributed by atoms with Crippen molar-refractivity contribution >= 4 is 6.08 Å². The van der Waals surface area contributed by atoms with E-state index < -0.39 is 0 Å².